The Labute approximate surface area is 69.3 Å². The van der Waals surface area contributed by atoms with Crippen LogP contribution in [0.15, 0.2) is 0 Å². The third kappa shape index (κ3) is 1.55. The molecule has 3 heteroatoms. The number of nitrogens with one attached hydrogen (secondary N) is 1. The van der Waals surface area contributed by atoms with Crippen molar-refractivity contribution in [2.45, 2.75) is 26.3 Å². The van der Waals surface area contributed by atoms with E-state index in [-0.39, 0.29) is 0 Å². The van der Waals surface area contributed by atoms with Gasteiger partial charge in [0, 0.05) is 20.1 Å². The lowest BCUT2D eigenvalue weighted by Crippen LogP contribution is -2.48. The number of nitrogens with zero attached hydrogens (tertiary/aromatic N) is 2. The molecule has 1 N–H and O–H groups in total. The molecular weight excluding hydrogens is 138 g/mol. The van der Waals surface area contributed by atoms with Crippen molar-refractivity contribution >= 4 is 0 Å². The standard InChI is InChI=1S/C6H13N3.C2H6/c1-6-3-7-5-8(2)9(6)4-6;1-2/h7H,3-5H2,1-2H3;1-2H3. The molecule has 0 aromatic rings. The second-order valence-corrected chi connectivity index (χ2v) is 3.30. The first kappa shape index (κ1) is 8.97. The molecule has 0 radical (unpaired) electrons. The largest absolute Gasteiger partial charge is 0.301 e. The monoisotopic (exact) mass is 157 g/mol. The zero-order valence-electron chi connectivity index (χ0n) is 8.02. The van der Waals surface area contributed by atoms with Gasteiger partial charge in [0.15, 0.2) is 0 Å². The van der Waals surface area contributed by atoms with E-state index in [2.05, 4.69) is 29.3 Å². The number of hydrazine groups is 1. The predicted molar refractivity (Wildman–Crippen MR) is 47.1 cm³/mol. The fraction of sp³-hybridized carbons (Fsp3) is 1.00. The summed E-state index contributed by atoms with van der Waals surface area (Å²) in [5.74, 6) is 0. The van der Waals surface area contributed by atoms with E-state index in [1.165, 1.54) is 6.54 Å². The Morgan fingerprint density at radius 1 is 1.36 bits per heavy atom. The lowest BCUT2D eigenvalue weighted by atomic mass is 10.2. The maximum atomic E-state index is 3.35. The number of fused-ring (bicyclic) bond motifs is 1. The van der Waals surface area contributed by atoms with Crippen molar-refractivity contribution in [3.8, 4) is 0 Å². The highest BCUT2D eigenvalue weighted by atomic mass is 15.8. The molecule has 2 aliphatic heterocycles. The lowest BCUT2D eigenvalue weighted by Gasteiger charge is -2.28. The average Bonchev–Trinajstić information content (AvgIpc) is 2.68. The van der Waals surface area contributed by atoms with Gasteiger partial charge >= 0.3 is 0 Å². The van der Waals surface area contributed by atoms with Crippen LogP contribution in [0.1, 0.15) is 20.8 Å². The zero-order chi connectivity index (χ0) is 8.48. The SMILES string of the molecule is CC.CN1CNCC2(C)CN12. The molecule has 0 amide bonds. The van der Waals surface area contributed by atoms with Crippen LogP contribution in [0.25, 0.3) is 0 Å². The van der Waals surface area contributed by atoms with E-state index in [9.17, 15) is 0 Å². The molecular formula is C8H19N3. The van der Waals surface area contributed by atoms with Gasteiger partial charge in [-0.3, -0.25) is 0 Å². The smallest absolute Gasteiger partial charge is 0.0621 e. The van der Waals surface area contributed by atoms with Gasteiger partial charge in [-0.05, 0) is 6.92 Å². The predicted octanol–water partition coefficient (Wildman–Crippen LogP) is 0.494. The summed E-state index contributed by atoms with van der Waals surface area (Å²) in [4.78, 5) is 0. The minimum Gasteiger partial charge on any atom is -0.301 e. The van der Waals surface area contributed by atoms with Gasteiger partial charge in [0.05, 0.1) is 12.2 Å². The first-order chi connectivity index (χ1) is 5.22. The Morgan fingerprint density at radius 2 is 2.00 bits per heavy atom. The molecule has 0 saturated carbocycles. The van der Waals surface area contributed by atoms with Crippen molar-refractivity contribution in [2.24, 2.45) is 0 Å². The van der Waals surface area contributed by atoms with Crippen LogP contribution in [-0.2, 0) is 0 Å². The van der Waals surface area contributed by atoms with Crippen LogP contribution >= 0.6 is 0 Å². The summed E-state index contributed by atoms with van der Waals surface area (Å²) in [5, 5.41) is 7.98. The maximum Gasteiger partial charge on any atom is 0.0621 e. The molecule has 2 unspecified atom stereocenters. The topological polar surface area (TPSA) is 18.3 Å². The Bertz CT molecular complexity index is 137. The van der Waals surface area contributed by atoms with Gasteiger partial charge in [-0.15, -0.1) is 0 Å². The van der Waals surface area contributed by atoms with Crippen LogP contribution in [0.2, 0.25) is 0 Å². The zero-order valence-corrected chi connectivity index (χ0v) is 8.02. The van der Waals surface area contributed by atoms with Crippen LogP contribution in [0, 0.1) is 0 Å². The molecule has 2 fully saturated rings. The highest BCUT2D eigenvalue weighted by Crippen LogP contribution is 2.33. The quantitative estimate of drug-likeness (QED) is 0.516. The minimum absolute atomic E-state index is 0.465. The van der Waals surface area contributed by atoms with Crippen molar-refractivity contribution in [1.82, 2.24) is 15.3 Å². The molecule has 0 bridgehead atoms. The van der Waals surface area contributed by atoms with Crippen LogP contribution in [0.4, 0.5) is 0 Å². The molecule has 2 aliphatic rings. The fourth-order valence-corrected chi connectivity index (χ4v) is 1.54. The second kappa shape index (κ2) is 3.09. The number of rotatable bonds is 0. The summed E-state index contributed by atoms with van der Waals surface area (Å²) in [5.41, 5.74) is 0.465. The summed E-state index contributed by atoms with van der Waals surface area (Å²) >= 11 is 0. The Balaban J connectivity index is 0.000000281. The molecule has 2 rings (SSSR count). The van der Waals surface area contributed by atoms with Gasteiger partial charge in [0.1, 0.15) is 0 Å². The first-order valence-electron chi connectivity index (χ1n) is 4.42. The molecule has 11 heavy (non-hydrogen) atoms. The van der Waals surface area contributed by atoms with E-state index < -0.39 is 0 Å². The number of hydrogen-bond donors (Lipinski definition) is 1. The van der Waals surface area contributed by atoms with Gasteiger partial charge < -0.3 is 5.32 Å². The van der Waals surface area contributed by atoms with Crippen molar-refractivity contribution < 1.29 is 0 Å². The van der Waals surface area contributed by atoms with Gasteiger partial charge in [-0.2, -0.15) is 0 Å². The van der Waals surface area contributed by atoms with Crippen LogP contribution in [0.5, 0.6) is 0 Å². The first-order valence-corrected chi connectivity index (χ1v) is 4.42. The van der Waals surface area contributed by atoms with Crippen molar-refractivity contribution in [3.05, 3.63) is 0 Å². The van der Waals surface area contributed by atoms with Crippen molar-refractivity contribution in [2.75, 3.05) is 26.8 Å². The second-order valence-electron chi connectivity index (χ2n) is 3.30. The van der Waals surface area contributed by atoms with Crippen LogP contribution < -0.4 is 5.32 Å². The van der Waals surface area contributed by atoms with Gasteiger partial charge in [0.25, 0.3) is 0 Å². The van der Waals surface area contributed by atoms with Crippen molar-refractivity contribution in [3.63, 3.8) is 0 Å². The molecule has 0 spiro atoms. The molecule has 2 saturated heterocycles. The summed E-state index contributed by atoms with van der Waals surface area (Å²) in [6.07, 6.45) is 0. The number of hydrogen-bond acceptors (Lipinski definition) is 3. The van der Waals surface area contributed by atoms with Crippen LogP contribution in [-0.4, -0.2) is 42.4 Å². The summed E-state index contributed by atoms with van der Waals surface area (Å²) in [6.45, 7) is 9.68. The maximum absolute atomic E-state index is 3.35. The average molecular weight is 157 g/mol. The van der Waals surface area contributed by atoms with E-state index >= 15 is 0 Å². The molecule has 2 atom stereocenters. The van der Waals surface area contributed by atoms with Gasteiger partial charge in [0.2, 0.25) is 0 Å². The van der Waals surface area contributed by atoms with Crippen LogP contribution in [0.3, 0.4) is 0 Å². The van der Waals surface area contributed by atoms with Gasteiger partial charge in [-0.25, -0.2) is 10.0 Å². The van der Waals surface area contributed by atoms with E-state index in [4.69, 9.17) is 0 Å². The van der Waals surface area contributed by atoms with Crippen molar-refractivity contribution in [1.29, 1.82) is 0 Å². The van der Waals surface area contributed by atoms with E-state index in [1.54, 1.807) is 0 Å². The Morgan fingerprint density at radius 3 is 2.45 bits per heavy atom. The third-order valence-corrected chi connectivity index (χ3v) is 2.27. The molecule has 66 valence electrons. The molecule has 0 aromatic heterocycles. The third-order valence-electron chi connectivity index (χ3n) is 2.27. The molecule has 0 aromatic carbocycles. The highest BCUT2D eigenvalue weighted by molar-refractivity contribution is 5.05. The summed E-state index contributed by atoms with van der Waals surface area (Å²) in [7, 11) is 2.12. The lowest BCUT2D eigenvalue weighted by molar-refractivity contribution is 0.0475. The Kier molecular flexibility index (Phi) is 2.52. The Hall–Kier alpha value is -0.120. The van der Waals surface area contributed by atoms with E-state index in [1.807, 2.05) is 13.8 Å². The fourth-order valence-electron chi connectivity index (χ4n) is 1.54. The molecule has 0 aliphatic carbocycles. The summed E-state index contributed by atoms with van der Waals surface area (Å²) in [6, 6.07) is 0. The molecule has 3 nitrogen and oxygen atoms in total. The van der Waals surface area contributed by atoms with E-state index in [0.717, 1.165) is 13.2 Å². The minimum atomic E-state index is 0.465. The molecule has 2 heterocycles. The summed E-state index contributed by atoms with van der Waals surface area (Å²) < 4.78 is 0. The highest BCUT2D eigenvalue weighted by Gasteiger charge is 2.51. The van der Waals surface area contributed by atoms with Gasteiger partial charge in [-0.1, -0.05) is 13.8 Å². The normalized spacial score (nSPS) is 42.0. The van der Waals surface area contributed by atoms with E-state index in [0.29, 0.717) is 5.54 Å².